The van der Waals surface area contributed by atoms with Crippen LogP contribution in [0.25, 0.3) is 0 Å². The molecule has 1 saturated heterocycles. The van der Waals surface area contributed by atoms with Crippen molar-refractivity contribution in [2.45, 2.75) is 33.6 Å². The number of rotatable bonds is 1. The highest BCUT2D eigenvalue weighted by atomic mass is 15.2. The summed E-state index contributed by atoms with van der Waals surface area (Å²) >= 11 is 0. The molecule has 78 valence electrons. The Morgan fingerprint density at radius 3 is 2.71 bits per heavy atom. The van der Waals surface area contributed by atoms with E-state index in [-0.39, 0.29) is 0 Å². The van der Waals surface area contributed by atoms with Crippen molar-refractivity contribution in [3.8, 4) is 0 Å². The molecule has 2 atom stereocenters. The maximum atomic E-state index is 2.52. The summed E-state index contributed by atoms with van der Waals surface area (Å²) in [6.07, 6.45) is 7.75. The number of likely N-dealkylation sites (tertiary alicyclic amines) is 1. The van der Waals surface area contributed by atoms with Crippen molar-refractivity contribution in [3.63, 3.8) is 0 Å². The molecule has 14 heavy (non-hydrogen) atoms. The molecule has 1 aliphatic heterocycles. The third kappa shape index (κ3) is 1.49. The molecule has 2 aliphatic carbocycles. The van der Waals surface area contributed by atoms with Crippen LogP contribution in [-0.4, -0.2) is 18.0 Å². The van der Waals surface area contributed by atoms with E-state index in [9.17, 15) is 0 Å². The van der Waals surface area contributed by atoms with Crippen LogP contribution >= 0.6 is 0 Å². The van der Waals surface area contributed by atoms with Crippen LogP contribution in [0, 0.1) is 11.8 Å². The molecule has 1 nitrogen and oxygen atoms in total. The van der Waals surface area contributed by atoms with Gasteiger partial charge in [0, 0.05) is 18.8 Å². The summed E-state index contributed by atoms with van der Waals surface area (Å²) in [6.45, 7) is 8.69. The fourth-order valence-electron chi connectivity index (χ4n) is 2.50. The van der Waals surface area contributed by atoms with Crippen molar-refractivity contribution in [3.05, 3.63) is 23.4 Å². The third-order valence-corrected chi connectivity index (χ3v) is 3.38. The van der Waals surface area contributed by atoms with Crippen LogP contribution in [0.4, 0.5) is 0 Å². The lowest BCUT2D eigenvalue weighted by molar-refractivity contribution is 0.414. The Kier molecular flexibility index (Phi) is 2.66. The Labute approximate surface area is 87.5 Å². The third-order valence-electron chi connectivity index (χ3n) is 3.38. The molecule has 0 spiro atoms. The molecule has 2 fully saturated rings. The first-order chi connectivity index (χ1) is 6.88. The van der Waals surface area contributed by atoms with Crippen molar-refractivity contribution in [1.82, 2.24) is 4.90 Å². The fourth-order valence-corrected chi connectivity index (χ4v) is 2.50. The molecule has 0 aromatic rings. The summed E-state index contributed by atoms with van der Waals surface area (Å²) < 4.78 is 0. The van der Waals surface area contributed by atoms with Crippen LogP contribution in [0.5, 0.6) is 0 Å². The molecule has 1 heteroatoms. The van der Waals surface area contributed by atoms with E-state index in [2.05, 4.69) is 24.0 Å². The number of fused-ring (bicyclic) bond motifs is 2. The number of nitrogens with zero attached hydrogens (tertiary/aromatic N) is 1. The second-order valence-corrected chi connectivity index (χ2v) is 4.14. The minimum Gasteiger partial charge on any atom is -0.372 e. The van der Waals surface area contributed by atoms with Gasteiger partial charge in [-0.2, -0.15) is 0 Å². The molecule has 0 radical (unpaired) electrons. The zero-order valence-electron chi connectivity index (χ0n) is 9.59. The van der Waals surface area contributed by atoms with Crippen LogP contribution in [0.15, 0.2) is 23.4 Å². The SMILES string of the molecule is CC.CCN1CCC2=CC3CC3C=C21. The Hall–Kier alpha value is -0.720. The Balaban J connectivity index is 0.000000354. The maximum absolute atomic E-state index is 2.52. The summed E-state index contributed by atoms with van der Waals surface area (Å²) in [5, 5.41) is 0. The first kappa shape index (κ1) is 9.82. The fraction of sp³-hybridized carbons (Fsp3) is 0.692. The second-order valence-electron chi connectivity index (χ2n) is 4.14. The van der Waals surface area contributed by atoms with Gasteiger partial charge in [0.25, 0.3) is 0 Å². The van der Waals surface area contributed by atoms with Gasteiger partial charge in [0.1, 0.15) is 0 Å². The zero-order chi connectivity index (χ0) is 10.1. The quantitative estimate of drug-likeness (QED) is 0.615. The second kappa shape index (κ2) is 3.80. The maximum Gasteiger partial charge on any atom is 0.0358 e. The van der Waals surface area contributed by atoms with Gasteiger partial charge in [-0.25, -0.2) is 0 Å². The van der Waals surface area contributed by atoms with E-state index in [1.54, 1.807) is 11.3 Å². The molecule has 0 aromatic heterocycles. The molecule has 0 aromatic carbocycles. The van der Waals surface area contributed by atoms with E-state index in [1.165, 1.54) is 25.9 Å². The van der Waals surface area contributed by atoms with Crippen LogP contribution in [-0.2, 0) is 0 Å². The van der Waals surface area contributed by atoms with E-state index in [1.807, 2.05) is 13.8 Å². The Bertz CT molecular complexity index is 275. The Morgan fingerprint density at radius 2 is 2.00 bits per heavy atom. The van der Waals surface area contributed by atoms with Crippen molar-refractivity contribution >= 4 is 0 Å². The summed E-state index contributed by atoms with van der Waals surface area (Å²) in [5.74, 6) is 1.84. The van der Waals surface area contributed by atoms with Crippen LogP contribution < -0.4 is 0 Å². The molecule has 1 heterocycles. The first-order valence-corrected chi connectivity index (χ1v) is 6.06. The minimum atomic E-state index is 0.913. The van der Waals surface area contributed by atoms with E-state index in [0.717, 1.165) is 11.8 Å². The van der Waals surface area contributed by atoms with Crippen molar-refractivity contribution in [2.75, 3.05) is 13.1 Å². The minimum absolute atomic E-state index is 0.913. The molecule has 0 amide bonds. The summed E-state index contributed by atoms with van der Waals surface area (Å²) in [7, 11) is 0. The van der Waals surface area contributed by atoms with Crippen molar-refractivity contribution in [1.29, 1.82) is 0 Å². The molecule has 0 N–H and O–H groups in total. The standard InChI is InChI=1S/C11H15N.C2H6/c1-2-12-4-3-8-5-9-6-10(9)7-11(8)12;1-2/h5,7,9-10H,2-4,6H2,1H3;1-2H3. The molecule has 0 bridgehead atoms. The van der Waals surface area contributed by atoms with Crippen LogP contribution in [0.2, 0.25) is 0 Å². The average Bonchev–Trinajstić information content (AvgIpc) is 2.89. The van der Waals surface area contributed by atoms with Crippen LogP contribution in [0.3, 0.4) is 0 Å². The van der Waals surface area contributed by atoms with Gasteiger partial charge >= 0.3 is 0 Å². The van der Waals surface area contributed by atoms with Gasteiger partial charge < -0.3 is 4.90 Å². The Morgan fingerprint density at radius 1 is 1.29 bits per heavy atom. The lowest BCUT2D eigenvalue weighted by atomic mass is 10.0. The lowest BCUT2D eigenvalue weighted by Gasteiger charge is -2.19. The van der Waals surface area contributed by atoms with Gasteiger partial charge in [0.2, 0.25) is 0 Å². The topological polar surface area (TPSA) is 3.24 Å². The monoisotopic (exact) mass is 191 g/mol. The van der Waals surface area contributed by atoms with E-state index in [4.69, 9.17) is 0 Å². The van der Waals surface area contributed by atoms with Gasteiger partial charge in [-0.15, -0.1) is 0 Å². The van der Waals surface area contributed by atoms with Gasteiger partial charge in [0.15, 0.2) is 0 Å². The number of likely N-dealkylation sites (N-methyl/N-ethyl adjacent to an activating group) is 1. The van der Waals surface area contributed by atoms with Gasteiger partial charge in [0.05, 0.1) is 0 Å². The lowest BCUT2D eigenvalue weighted by Crippen LogP contribution is -2.17. The highest BCUT2D eigenvalue weighted by Crippen LogP contribution is 2.48. The average molecular weight is 191 g/mol. The molecular weight excluding hydrogens is 170 g/mol. The van der Waals surface area contributed by atoms with Crippen molar-refractivity contribution in [2.24, 2.45) is 11.8 Å². The predicted molar refractivity (Wildman–Crippen MR) is 61.0 cm³/mol. The summed E-state index contributed by atoms with van der Waals surface area (Å²) in [5.41, 5.74) is 3.20. The zero-order valence-corrected chi connectivity index (χ0v) is 9.59. The number of allylic oxidation sites excluding steroid dienone is 3. The molecule has 3 aliphatic rings. The molecular formula is C13H21N. The van der Waals surface area contributed by atoms with E-state index < -0.39 is 0 Å². The smallest absolute Gasteiger partial charge is 0.0358 e. The first-order valence-electron chi connectivity index (χ1n) is 6.06. The summed E-state index contributed by atoms with van der Waals surface area (Å²) in [6, 6.07) is 0. The van der Waals surface area contributed by atoms with Crippen LogP contribution in [0.1, 0.15) is 33.6 Å². The molecule has 3 rings (SSSR count). The number of hydrogen-bond donors (Lipinski definition) is 0. The highest BCUT2D eigenvalue weighted by Gasteiger charge is 2.39. The van der Waals surface area contributed by atoms with E-state index >= 15 is 0 Å². The molecule has 2 unspecified atom stereocenters. The van der Waals surface area contributed by atoms with E-state index in [0.29, 0.717) is 0 Å². The van der Waals surface area contributed by atoms with Gasteiger partial charge in [-0.3, -0.25) is 0 Å². The molecule has 1 saturated carbocycles. The predicted octanol–water partition coefficient (Wildman–Crippen LogP) is 3.20. The van der Waals surface area contributed by atoms with Crippen molar-refractivity contribution < 1.29 is 0 Å². The highest BCUT2D eigenvalue weighted by molar-refractivity contribution is 5.41. The normalized spacial score (nSPS) is 32.1. The van der Waals surface area contributed by atoms with Gasteiger partial charge in [-0.05, 0) is 37.2 Å². The largest absolute Gasteiger partial charge is 0.372 e. The number of hydrogen-bond acceptors (Lipinski definition) is 1. The van der Waals surface area contributed by atoms with Gasteiger partial charge in [-0.1, -0.05) is 26.0 Å². The summed E-state index contributed by atoms with van der Waals surface area (Å²) in [4.78, 5) is 2.51.